The summed E-state index contributed by atoms with van der Waals surface area (Å²) in [6, 6.07) is 8.47. The van der Waals surface area contributed by atoms with Crippen molar-refractivity contribution in [1.82, 2.24) is 4.98 Å². The fourth-order valence-corrected chi connectivity index (χ4v) is 2.68. The van der Waals surface area contributed by atoms with E-state index in [1.165, 1.54) is 16.7 Å². The lowest BCUT2D eigenvalue weighted by molar-refractivity contribution is -0.117. The molecule has 0 bridgehead atoms. The molecule has 0 aliphatic heterocycles. The minimum absolute atomic E-state index is 0.212. The van der Waals surface area contributed by atoms with Crippen LogP contribution in [0, 0.1) is 13.8 Å². The molecule has 2 nitrogen and oxygen atoms in total. The average molecular weight is 267 g/mol. The summed E-state index contributed by atoms with van der Waals surface area (Å²) in [5, 5.41) is 0. The van der Waals surface area contributed by atoms with Crippen LogP contribution in [0.25, 0.3) is 11.1 Å². The van der Waals surface area contributed by atoms with Crippen LogP contribution in [0.4, 0.5) is 0 Å². The number of hydrogen-bond donors (Lipinski definition) is 0. The molecule has 1 aromatic heterocycles. The van der Waals surface area contributed by atoms with E-state index in [-0.39, 0.29) is 11.7 Å². The highest BCUT2D eigenvalue weighted by molar-refractivity contribution is 5.76. The first kappa shape index (κ1) is 14.4. The van der Waals surface area contributed by atoms with E-state index in [0.717, 1.165) is 11.1 Å². The van der Waals surface area contributed by atoms with Crippen molar-refractivity contribution in [2.75, 3.05) is 0 Å². The molecule has 104 valence electrons. The second kappa shape index (κ2) is 6.00. The maximum Gasteiger partial charge on any atom is 0.130 e. The number of ketones is 1. The Morgan fingerprint density at radius 1 is 1.20 bits per heavy atom. The van der Waals surface area contributed by atoms with Gasteiger partial charge in [0.1, 0.15) is 5.78 Å². The van der Waals surface area contributed by atoms with Crippen molar-refractivity contribution in [3.8, 4) is 11.1 Å². The SMILES string of the molecule is CC(=O)C[C@H](C)c1cncc(-c2c(C)cccc2C)c1. The fourth-order valence-electron chi connectivity index (χ4n) is 2.68. The summed E-state index contributed by atoms with van der Waals surface area (Å²) in [5.41, 5.74) is 6.01. The number of aromatic nitrogens is 1. The Morgan fingerprint density at radius 3 is 2.45 bits per heavy atom. The standard InChI is InChI=1S/C18H21NO/c1-12-6-5-7-13(2)18(12)17-9-16(10-19-11-17)14(3)8-15(4)20/h5-7,9-11,14H,8H2,1-4H3/t14-/m0/s1. The summed E-state index contributed by atoms with van der Waals surface area (Å²) in [6.45, 7) is 7.95. The van der Waals surface area contributed by atoms with Crippen molar-refractivity contribution in [2.24, 2.45) is 0 Å². The van der Waals surface area contributed by atoms with Gasteiger partial charge in [0.2, 0.25) is 0 Å². The Morgan fingerprint density at radius 2 is 1.85 bits per heavy atom. The molecule has 0 fully saturated rings. The average Bonchev–Trinajstić information content (AvgIpc) is 2.38. The van der Waals surface area contributed by atoms with Crippen LogP contribution < -0.4 is 0 Å². The van der Waals surface area contributed by atoms with Crippen molar-refractivity contribution in [3.05, 3.63) is 53.3 Å². The van der Waals surface area contributed by atoms with Gasteiger partial charge in [-0.05, 0) is 55.0 Å². The van der Waals surface area contributed by atoms with E-state index >= 15 is 0 Å². The molecule has 0 aliphatic carbocycles. The van der Waals surface area contributed by atoms with Crippen molar-refractivity contribution in [1.29, 1.82) is 0 Å². The molecule has 0 saturated heterocycles. The topological polar surface area (TPSA) is 30.0 Å². The number of hydrogen-bond acceptors (Lipinski definition) is 2. The Kier molecular flexibility index (Phi) is 4.33. The molecule has 0 spiro atoms. The van der Waals surface area contributed by atoms with E-state index < -0.39 is 0 Å². The molecule has 20 heavy (non-hydrogen) atoms. The third kappa shape index (κ3) is 3.13. The summed E-state index contributed by atoms with van der Waals surface area (Å²) in [4.78, 5) is 15.6. The first-order chi connectivity index (χ1) is 9.49. The monoisotopic (exact) mass is 267 g/mol. The summed E-state index contributed by atoms with van der Waals surface area (Å²) >= 11 is 0. The predicted octanol–water partition coefficient (Wildman–Crippen LogP) is 4.45. The molecule has 0 N–H and O–H groups in total. The maximum atomic E-state index is 11.3. The normalized spacial score (nSPS) is 12.2. The molecule has 2 aromatic rings. The second-order valence-corrected chi connectivity index (χ2v) is 5.58. The molecule has 1 atom stereocenters. The lowest BCUT2D eigenvalue weighted by atomic mass is 9.92. The summed E-state index contributed by atoms with van der Waals surface area (Å²) < 4.78 is 0. The third-order valence-corrected chi connectivity index (χ3v) is 3.69. The van der Waals surface area contributed by atoms with Crippen LogP contribution in [0.1, 0.15) is 42.9 Å². The van der Waals surface area contributed by atoms with Crippen LogP contribution in [0.2, 0.25) is 0 Å². The van der Waals surface area contributed by atoms with E-state index in [1.807, 2.05) is 12.4 Å². The Labute approximate surface area is 120 Å². The highest BCUT2D eigenvalue weighted by atomic mass is 16.1. The number of nitrogens with zero attached hydrogens (tertiary/aromatic N) is 1. The van der Waals surface area contributed by atoms with Crippen molar-refractivity contribution in [3.63, 3.8) is 0 Å². The third-order valence-electron chi connectivity index (χ3n) is 3.69. The van der Waals surface area contributed by atoms with Crippen LogP contribution in [-0.4, -0.2) is 10.8 Å². The Bertz CT molecular complexity index is 611. The highest BCUT2D eigenvalue weighted by Crippen LogP contribution is 2.29. The summed E-state index contributed by atoms with van der Waals surface area (Å²) in [7, 11) is 0. The zero-order valence-corrected chi connectivity index (χ0v) is 12.6. The number of rotatable bonds is 4. The minimum atomic E-state index is 0.212. The fraction of sp³-hybridized carbons (Fsp3) is 0.333. The molecule has 0 aliphatic rings. The first-order valence-electron chi connectivity index (χ1n) is 7.00. The van der Waals surface area contributed by atoms with Crippen molar-refractivity contribution in [2.45, 2.75) is 40.0 Å². The quantitative estimate of drug-likeness (QED) is 0.819. The van der Waals surface area contributed by atoms with Gasteiger partial charge in [-0.2, -0.15) is 0 Å². The zero-order valence-electron chi connectivity index (χ0n) is 12.6. The molecular weight excluding hydrogens is 246 g/mol. The van der Waals surface area contributed by atoms with Crippen LogP contribution in [0.5, 0.6) is 0 Å². The van der Waals surface area contributed by atoms with Gasteiger partial charge in [-0.3, -0.25) is 4.98 Å². The van der Waals surface area contributed by atoms with E-state index in [1.54, 1.807) is 6.92 Å². The predicted molar refractivity (Wildman–Crippen MR) is 82.9 cm³/mol. The smallest absolute Gasteiger partial charge is 0.130 e. The molecule has 0 amide bonds. The van der Waals surface area contributed by atoms with Gasteiger partial charge in [0.05, 0.1) is 0 Å². The molecule has 2 heteroatoms. The van der Waals surface area contributed by atoms with Crippen molar-refractivity contribution < 1.29 is 4.79 Å². The number of Topliss-reactive ketones (excluding diaryl/α,β-unsaturated/α-hetero) is 1. The van der Waals surface area contributed by atoms with Gasteiger partial charge in [-0.25, -0.2) is 0 Å². The largest absolute Gasteiger partial charge is 0.300 e. The van der Waals surface area contributed by atoms with Gasteiger partial charge >= 0.3 is 0 Å². The van der Waals surface area contributed by atoms with E-state index in [9.17, 15) is 4.79 Å². The summed E-state index contributed by atoms with van der Waals surface area (Å²) in [6.07, 6.45) is 4.34. The number of carbonyl (C=O) groups excluding carboxylic acids is 1. The van der Waals surface area contributed by atoms with Gasteiger partial charge in [-0.1, -0.05) is 25.1 Å². The van der Waals surface area contributed by atoms with Gasteiger partial charge in [0.15, 0.2) is 0 Å². The van der Waals surface area contributed by atoms with Crippen LogP contribution in [0.3, 0.4) is 0 Å². The number of aryl methyl sites for hydroxylation is 2. The molecular formula is C18H21NO. The van der Waals surface area contributed by atoms with E-state index in [0.29, 0.717) is 6.42 Å². The zero-order chi connectivity index (χ0) is 14.7. The molecule has 2 rings (SSSR count). The van der Waals surface area contributed by atoms with Crippen LogP contribution >= 0.6 is 0 Å². The Hall–Kier alpha value is -1.96. The lowest BCUT2D eigenvalue weighted by Crippen LogP contribution is -2.01. The molecule has 0 unspecified atom stereocenters. The number of carbonyl (C=O) groups is 1. The van der Waals surface area contributed by atoms with Gasteiger partial charge in [0.25, 0.3) is 0 Å². The van der Waals surface area contributed by atoms with Crippen LogP contribution in [0.15, 0.2) is 36.7 Å². The molecule has 0 radical (unpaired) electrons. The van der Waals surface area contributed by atoms with Gasteiger partial charge in [0, 0.05) is 24.4 Å². The van der Waals surface area contributed by atoms with Gasteiger partial charge < -0.3 is 4.79 Å². The minimum Gasteiger partial charge on any atom is -0.300 e. The first-order valence-corrected chi connectivity index (χ1v) is 7.00. The highest BCUT2D eigenvalue weighted by Gasteiger charge is 2.11. The second-order valence-electron chi connectivity index (χ2n) is 5.58. The van der Waals surface area contributed by atoms with E-state index in [4.69, 9.17) is 0 Å². The lowest BCUT2D eigenvalue weighted by Gasteiger charge is -2.14. The molecule has 1 aromatic carbocycles. The number of pyridine rings is 1. The maximum absolute atomic E-state index is 11.3. The molecule has 1 heterocycles. The van der Waals surface area contributed by atoms with E-state index in [2.05, 4.69) is 50.0 Å². The molecule has 0 saturated carbocycles. The Balaban J connectivity index is 2.42. The number of benzene rings is 1. The van der Waals surface area contributed by atoms with Crippen molar-refractivity contribution >= 4 is 5.78 Å². The van der Waals surface area contributed by atoms with Gasteiger partial charge in [-0.15, -0.1) is 0 Å². The summed E-state index contributed by atoms with van der Waals surface area (Å²) in [5.74, 6) is 0.430. The van der Waals surface area contributed by atoms with Crippen LogP contribution in [-0.2, 0) is 4.79 Å².